The van der Waals surface area contributed by atoms with E-state index in [-0.39, 0.29) is 6.03 Å². The van der Waals surface area contributed by atoms with Crippen LogP contribution in [0.15, 0.2) is 65.2 Å². The molecule has 3 amide bonds. The summed E-state index contributed by atoms with van der Waals surface area (Å²) in [7, 11) is 1.56. The third-order valence-corrected chi connectivity index (χ3v) is 6.22. The van der Waals surface area contributed by atoms with Crippen LogP contribution in [0, 0.1) is 13.8 Å². The number of aromatic nitrogens is 2. The van der Waals surface area contributed by atoms with Crippen molar-refractivity contribution in [3.8, 4) is 11.1 Å². The maximum Gasteiger partial charge on any atom is 0.318 e. The number of primary amides is 1. The Morgan fingerprint density at radius 2 is 1.80 bits per heavy atom. The van der Waals surface area contributed by atoms with Crippen molar-refractivity contribution in [3.63, 3.8) is 0 Å². The highest BCUT2D eigenvalue weighted by atomic mass is 16.5. The molecule has 2 aromatic heterocycles. The van der Waals surface area contributed by atoms with Gasteiger partial charge in [-0.15, -0.1) is 0 Å². The van der Waals surface area contributed by atoms with Crippen LogP contribution in [-0.4, -0.2) is 28.7 Å². The maximum atomic E-state index is 12.7. The lowest BCUT2D eigenvalue weighted by Gasteiger charge is -2.10. The molecule has 0 aliphatic carbocycles. The van der Waals surface area contributed by atoms with Crippen LogP contribution in [0.5, 0.6) is 0 Å². The van der Waals surface area contributed by atoms with E-state index in [1.807, 2.05) is 56.3 Å². The molecule has 8 nitrogen and oxygen atoms in total. The van der Waals surface area contributed by atoms with E-state index in [2.05, 4.69) is 32.5 Å². The Bertz CT molecular complexity index is 1580. The van der Waals surface area contributed by atoms with Gasteiger partial charge < -0.3 is 25.5 Å². The number of rotatable bonds is 5. The Balaban J connectivity index is 1.85. The fourth-order valence-corrected chi connectivity index (χ4v) is 4.67. The van der Waals surface area contributed by atoms with E-state index in [0.717, 1.165) is 44.2 Å². The predicted molar refractivity (Wildman–Crippen MR) is 137 cm³/mol. The van der Waals surface area contributed by atoms with Crippen LogP contribution >= 0.6 is 0 Å². The van der Waals surface area contributed by atoms with Gasteiger partial charge in [0.05, 0.1) is 11.2 Å². The van der Waals surface area contributed by atoms with Crippen LogP contribution in [0.3, 0.4) is 0 Å². The van der Waals surface area contributed by atoms with Crippen LogP contribution in [0.4, 0.5) is 10.5 Å². The van der Waals surface area contributed by atoms with Gasteiger partial charge in [-0.1, -0.05) is 35.5 Å². The Morgan fingerprint density at radius 3 is 2.46 bits per heavy atom. The van der Waals surface area contributed by atoms with E-state index >= 15 is 0 Å². The van der Waals surface area contributed by atoms with E-state index in [9.17, 15) is 9.59 Å². The Hall–Kier alpha value is -4.59. The van der Waals surface area contributed by atoms with Crippen molar-refractivity contribution in [2.24, 2.45) is 5.73 Å². The molecule has 0 aliphatic rings. The number of hydrogen-bond acceptors (Lipinski definition) is 4. The highest BCUT2D eigenvalue weighted by Gasteiger charge is 2.21. The fraction of sp³-hybridized carbons (Fsp3) is 0.148. The maximum absolute atomic E-state index is 12.7. The first-order valence-corrected chi connectivity index (χ1v) is 11.2. The number of amides is 3. The molecule has 0 fully saturated rings. The van der Waals surface area contributed by atoms with Crippen molar-refractivity contribution in [3.05, 3.63) is 83.2 Å². The number of benzene rings is 3. The molecule has 0 spiro atoms. The smallest absolute Gasteiger partial charge is 0.318 e. The first kappa shape index (κ1) is 22.2. The molecule has 4 N–H and O–H groups in total. The number of anilines is 1. The van der Waals surface area contributed by atoms with E-state index < -0.39 is 5.91 Å². The van der Waals surface area contributed by atoms with E-state index in [1.165, 1.54) is 0 Å². The molecule has 0 aliphatic heterocycles. The summed E-state index contributed by atoms with van der Waals surface area (Å²) in [6.07, 6.45) is 0. The second-order valence-electron chi connectivity index (χ2n) is 8.49. The highest BCUT2D eigenvalue weighted by molar-refractivity contribution is 6.19. The number of carbonyl (C=O) groups is 2. The molecule has 5 aromatic rings. The number of nitrogens with one attached hydrogen (secondary N) is 2. The van der Waals surface area contributed by atoms with E-state index in [1.54, 1.807) is 13.1 Å². The minimum absolute atomic E-state index is 0.326. The standard InChI is InChI=1S/C27H25N5O3/c1-15-24(16(2)35-31-15)18-11-21(26(28)33)25-20-13-19(30-27(34)29-3)9-10-22(20)32(23(25)12-18)14-17-7-5-4-6-8-17/h4-13H,14H2,1-3H3,(H2,28,33)(H2,29,30,34). The number of carbonyl (C=O) groups excluding carboxylic acids is 2. The number of nitrogens with zero attached hydrogens (tertiary/aromatic N) is 2. The van der Waals surface area contributed by atoms with E-state index in [0.29, 0.717) is 23.6 Å². The zero-order valence-corrected chi connectivity index (χ0v) is 19.7. The number of aryl methyl sites for hydroxylation is 2. The molecule has 5 rings (SSSR count). The fourth-order valence-electron chi connectivity index (χ4n) is 4.67. The molecule has 8 heteroatoms. The average Bonchev–Trinajstić information content (AvgIpc) is 3.35. The van der Waals surface area contributed by atoms with E-state index in [4.69, 9.17) is 10.3 Å². The van der Waals surface area contributed by atoms with Gasteiger partial charge in [0.15, 0.2) is 0 Å². The lowest BCUT2D eigenvalue weighted by atomic mass is 9.97. The molecule has 2 heterocycles. The zero-order chi connectivity index (χ0) is 24.7. The van der Waals surface area contributed by atoms with Crippen LogP contribution in [-0.2, 0) is 6.54 Å². The normalized spacial score (nSPS) is 11.2. The second-order valence-corrected chi connectivity index (χ2v) is 8.49. The van der Waals surface area contributed by atoms with Crippen molar-refractivity contribution in [1.29, 1.82) is 0 Å². The third kappa shape index (κ3) is 3.89. The number of hydrogen-bond donors (Lipinski definition) is 3. The molecule has 0 unspecified atom stereocenters. The summed E-state index contributed by atoms with van der Waals surface area (Å²) < 4.78 is 7.56. The number of nitrogens with two attached hydrogens (primary N) is 1. The molecule has 0 bridgehead atoms. The van der Waals surface area contributed by atoms with Gasteiger partial charge in [-0.3, -0.25) is 4.79 Å². The van der Waals surface area contributed by atoms with Crippen molar-refractivity contribution in [2.75, 3.05) is 12.4 Å². The zero-order valence-electron chi connectivity index (χ0n) is 19.7. The highest BCUT2D eigenvalue weighted by Crippen LogP contribution is 2.38. The molecule has 35 heavy (non-hydrogen) atoms. The molecule has 3 aromatic carbocycles. The van der Waals surface area contributed by atoms with Gasteiger partial charge in [0.2, 0.25) is 5.91 Å². The molecule has 0 saturated carbocycles. The van der Waals surface area contributed by atoms with Crippen molar-refractivity contribution < 1.29 is 14.1 Å². The first-order valence-electron chi connectivity index (χ1n) is 11.2. The Labute approximate surface area is 201 Å². The summed E-state index contributed by atoms with van der Waals surface area (Å²) >= 11 is 0. The van der Waals surface area contributed by atoms with Crippen LogP contribution < -0.4 is 16.4 Å². The Kier molecular flexibility index (Phi) is 5.49. The summed E-state index contributed by atoms with van der Waals surface area (Å²) in [6.45, 7) is 4.31. The summed E-state index contributed by atoms with van der Waals surface area (Å²) in [5.74, 6) is 0.132. The minimum Gasteiger partial charge on any atom is -0.366 e. The average molecular weight is 468 g/mol. The predicted octanol–water partition coefficient (Wildman–Crippen LogP) is 4.96. The molecular formula is C27H25N5O3. The molecule has 0 saturated heterocycles. The van der Waals surface area contributed by atoms with Crippen LogP contribution in [0.25, 0.3) is 32.9 Å². The van der Waals surface area contributed by atoms with Crippen molar-refractivity contribution in [2.45, 2.75) is 20.4 Å². The monoisotopic (exact) mass is 467 g/mol. The summed E-state index contributed by atoms with van der Waals surface area (Å²) in [4.78, 5) is 24.6. The lowest BCUT2D eigenvalue weighted by molar-refractivity contribution is 0.100. The summed E-state index contributed by atoms with van der Waals surface area (Å²) in [5, 5.41) is 11.0. The van der Waals surface area contributed by atoms with Gasteiger partial charge in [0.1, 0.15) is 5.76 Å². The van der Waals surface area contributed by atoms with Crippen molar-refractivity contribution in [1.82, 2.24) is 15.0 Å². The molecule has 0 atom stereocenters. The topological polar surface area (TPSA) is 115 Å². The molecule has 176 valence electrons. The van der Waals surface area contributed by atoms with Gasteiger partial charge in [0.25, 0.3) is 0 Å². The van der Waals surface area contributed by atoms with Crippen LogP contribution in [0.1, 0.15) is 27.4 Å². The number of fused-ring (bicyclic) bond motifs is 3. The van der Waals surface area contributed by atoms with Gasteiger partial charge in [-0.25, -0.2) is 4.79 Å². The number of urea groups is 1. The SMILES string of the molecule is CNC(=O)Nc1ccc2c(c1)c1c(C(N)=O)cc(-c3c(C)noc3C)cc1n2Cc1ccccc1. The molecule has 0 radical (unpaired) electrons. The van der Waals surface area contributed by atoms with Crippen LogP contribution in [0.2, 0.25) is 0 Å². The van der Waals surface area contributed by atoms with Gasteiger partial charge >= 0.3 is 6.03 Å². The van der Waals surface area contributed by atoms with Crippen molar-refractivity contribution >= 4 is 39.4 Å². The lowest BCUT2D eigenvalue weighted by Crippen LogP contribution is -2.24. The Morgan fingerprint density at radius 1 is 1.03 bits per heavy atom. The van der Waals surface area contributed by atoms with Gasteiger partial charge in [-0.2, -0.15) is 0 Å². The third-order valence-electron chi connectivity index (χ3n) is 6.22. The quantitative estimate of drug-likeness (QED) is 0.339. The van der Waals surface area contributed by atoms with Gasteiger partial charge in [0, 0.05) is 46.7 Å². The second kappa shape index (κ2) is 8.64. The summed E-state index contributed by atoms with van der Waals surface area (Å²) in [5.41, 5.74) is 12.2. The largest absolute Gasteiger partial charge is 0.366 e. The minimum atomic E-state index is -0.535. The van der Waals surface area contributed by atoms with Gasteiger partial charge in [-0.05, 0) is 55.3 Å². The first-order chi connectivity index (χ1) is 16.9. The molecular weight excluding hydrogens is 442 g/mol. The summed E-state index contributed by atoms with van der Waals surface area (Å²) in [6, 6.07) is 19.3.